The van der Waals surface area contributed by atoms with Crippen molar-refractivity contribution in [2.24, 2.45) is 28.6 Å². The molecule has 5 nitrogen and oxygen atoms in total. The molecule has 0 radical (unpaired) electrons. The molecule has 2 fully saturated rings. The van der Waals surface area contributed by atoms with E-state index < -0.39 is 22.8 Å². The van der Waals surface area contributed by atoms with E-state index in [1.165, 1.54) is 18.1 Å². The highest BCUT2D eigenvalue weighted by Gasteiger charge is 2.67. The maximum absolute atomic E-state index is 13.0. The Morgan fingerprint density at radius 3 is 2.72 bits per heavy atom. The number of Topliss-reactive ketones (excluding diaryl/α,β-unsaturated/α-hetero) is 1. The SMILES string of the molecule is CC(=O)OCC(=O)[C@@]1(O)[C@H](C)C[C@@H]2[C@@H]3CCC4=CC(=O)C=C[C@@]4(C)C3=CC[C@]21C. The van der Waals surface area contributed by atoms with Crippen LogP contribution in [-0.4, -0.2) is 34.9 Å². The van der Waals surface area contributed by atoms with Gasteiger partial charge in [-0.3, -0.25) is 14.4 Å². The third kappa shape index (κ3) is 2.66. The number of ether oxygens (including phenoxy) is 1. The number of carbonyl (C=O) groups is 3. The maximum Gasteiger partial charge on any atom is 0.303 e. The van der Waals surface area contributed by atoms with E-state index in [1.807, 2.05) is 19.9 Å². The number of ketones is 2. The van der Waals surface area contributed by atoms with E-state index in [0.29, 0.717) is 6.42 Å². The summed E-state index contributed by atoms with van der Waals surface area (Å²) in [4.78, 5) is 36.1. The van der Waals surface area contributed by atoms with Gasteiger partial charge in [0.25, 0.3) is 0 Å². The maximum atomic E-state index is 13.0. The fraction of sp³-hybridized carbons (Fsp3) is 0.625. The molecule has 0 saturated heterocycles. The van der Waals surface area contributed by atoms with Gasteiger partial charge in [0.05, 0.1) is 0 Å². The number of esters is 1. The van der Waals surface area contributed by atoms with Gasteiger partial charge in [-0.2, -0.15) is 0 Å². The van der Waals surface area contributed by atoms with Crippen LogP contribution in [0, 0.1) is 28.6 Å². The predicted molar refractivity (Wildman–Crippen MR) is 108 cm³/mol. The van der Waals surface area contributed by atoms with Crippen molar-refractivity contribution in [2.45, 2.75) is 59.0 Å². The van der Waals surface area contributed by atoms with Gasteiger partial charge in [-0.25, -0.2) is 0 Å². The topological polar surface area (TPSA) is 80.7 Å². The van der Waals surface area contributed by atoms with Crippen molar-refractivity contribution in [3.05, 3.63) is 35.5 Å². The van der Waals surface area contributed by atoms with Crippen LogP contribution in [-0.2, 0) is 19.1 Å². The average molecular weight is 398 g/mol. The molecule has 29 heavy (non-hydrogen) atoms. The molecular formula is C24H30O5. The highest BCUT2D eigenvalue weighted by atomic mass is 16.5. The van der Waals surface area contributed by atoms with Crippen molar-refractivity contribution >= 4 is 17.5 Å². The largest absolute Gasteiger partial charge is 0.458 e. The van der Waals surface area contributed by atoms with E-state index in [2.05, 4.69) is 13.0 Å². The minimum absolute atomic E-state index is 0.0529. The third-order valence-corrected chi connectivity index (χ3v) is 8.36. The first-order valence-electron chi connectivity index (χ1n) is 10.6. The van der Waals surface area contributed by atoms with Crippen LogP contribution in [0.1, 0.15) is 53.4 Å². The second-order valence-corrected chi connectivity index (χ2v) is 9.75. The first-order chi connectivity index (χ1) is 13.5. The zero-order chi connectivity index (χ0) is 21.2. The van der Waals surface area contributed by atoms with Gasteiger partial charge in [0, 0.05) is 17.8 Å². The van der Waals surface area contributed by atoms with Crippen LogP contribution >= 0.6 is 0 Å². The fourth-order valence-corrected chi connectivity index (χ4v) is 6.74. The molecule has 2 saturated carbocycles. The highest BCUT2D eigenvalue weighted by Crippen LogP contribution is 2.66. The van der Waals surface area contributed by atoms with Crippen LogP contribution in [0.15, 0.2) is 35.5 Å². The molecule has 0 amide bonds. The van der Waals surface area contributed by atoms with Crippen molar-refractivity contribution in [3.8, 4) is 0 Å². The monoisotopic (exact) mass is 398 g/mol. The Labute approximate surface area is 171 Å². The molecule has 4 aliphatic carbocycles. The molecule has 5 heteroatoms. The lowest BCUT2D eigenvalue weighted by Gasteiger charge is -2.53. The number of hydrogen-bond donors (Lipinski definition) is 1. The van der Waals surface area contributed by atoms with Gasteiger partial charge in [0.2, 0.25) is 5.78 Å². The van der Waals surface area contributed by atoms with Crippen LogP contribution in [0.2, 0.25) is 0 Å². The number of hydrogen-bond acceptors (Lipinski definition) is 5. The second-order valence-electron chi connectivity index (χ2n) is 9.75. The average Bonchev–Trinajstić information content (AvgIpc) is 2.88. The van der Waals surface area contributed by atoms with Gasteiger partial charge in [-0.05, 0) is 62.5 Å². The number of rotatable bonds is 3. The van der Waals surface area contributed by atoms with Gasteiger partial charge in [-0.15, -0.1) is 0 Å². The predicted octanol–water partition coefficient (Wildman–Crippen LogP) is 3.32. The molecule has 4 rings (SSSR count). The molecule has 0 heterocycles. The molecule has 0 aromatic carbocycles. The first-order valence-corrected chi connectivity index (χ1v) is 10.6. The summed E-state index contributed by atoms with van der Waals surface area (Å²) in [5, 5.41) is 11.7. The third-order valence-electron chi connectivity index (χ3n) is 8.36. The van der Waals surface area contributed by atoms with Crippen LogP contribution in [0.3, 0.4) is 0 Å². The van der Waals surface area contributed by atoms with Crippen molar-refractivity contribution in [1.29, 1.82) is 0 Å². The zero-order valence-electron chi connectivity index (χ0n) is 17.7. The molecule has 0 spiro atoms. The Bertz CT molecular complexity index is 880. The van der Waals surface area contributed by atoms with Crippen molar-refractivity contribution in [3.63, 3.8) is 0 Å². The Kier molecular flexibility index (Phi) is 4.54. The molecular weight excluding hydrogens is 368 g/mol. The van der Waals surface area contributed by atoms with Gasteiger partial charge in [0.15, 0.2) is 12.4 Å². The van der Waals surface area contributed by atoms with E-state index in [9.17, 15) is 19.5 Å². The molecule has 1 N–H and O–H groups in total. The summed E-state index contributed by atoms with van der Waals surface area (Å²) in [6.07, 6.45) is 10.8. The Morgan fingerprint density at radius 2 is 2.03 bits per heavy atom. The van der Waals surface area contributed by atoms with Crippen molar-refractivity contribution in [1.82, 2.24) is 0 Å². The number of aliphatic hydroxyl groups is 1. The van der Waals surface area contributed by atoms with E-state index in [0.717, 1.165) is 19.3 Å². The van der Waals surface area contributed by atoms with Crippen LogP contribution in [0.4, 0.5) is 0 Å². The number of fused-ring (bicyclic) bond motifs is 5. The van der Waals surface area contributed by atoms with E-state index in [1.54, 1.807) is 12.2 Å². The van der Waals surface area contributed by atoms with E-state index in [-0.39, 0.29) is 35.6 Å². The van der Waals surface area contributed by atoms with E-state index >= 15 is 0 Å². The summed E-state index contributed by atoms with van der Waals surface area (Å²) in [6, 6.07) is 0. The minimum atomic E-state index is -1.51. The molecule has 156 valence electrons. The standard InChI is InChI=1S/C24H30O5/c1-14-11-20-18-6-5-16-12-17(26)7-9-22(16,3)19(18)8-10-23(20,4)24(14,28)21(27)13-29-15(2)25/h7-9,12,14,18,20,28H,5-6,10-11,13H2,1-4H3/t14-,18-,20-,22-,23-,24+/m1/s1. The molecule has 6 atom stereocenters. The summed E-state index contributed by atoms with van der Waals surface area (Å²) in [6.45, 7) is 7.03. The Balaban J connectivity index is 1.71. The molecule has 0 aliphatic heterocycles. The van der Waals surface area contributed by atoms with E-state index in [4.69, 9.17) is 4.74 Å². The highest BCUT2D eigenvalue weighted by molar-refractivity contribution is 6.01. The molecule has 0 aromatic heterocycles. The normalized spacial score (nSPS) is 42.9. The molecule has 0 aromatic rings. The Hall–Kier alpha value is -2.01. The van der Waals surface area contributed by atoms with Gasteiger partial charge < -0.3 is 9.84 Å². The molecule has 4 aliphatic rings. The second kappa shape index (κ2) is 6.49. The Morgan fingerprint density at radius 1 is 1.31 bits per heavy atom. The van der Waals surface area contributed by atoms with Crippen LogP contribution in [0.5, 0.6) is 0 Å². The summed E-state index contributed by atoms with van der Waals surface area (Å²) >= 11 is 0. The molecule has 0 bridgehead atoms. The number of allylic oxidation sites excluding steroid dienone is 6. The summed E-state index contributed by atoms with van der Waals surface area (Å²) in [7, 11) is 0. The zero-order valence-corrected chi connectivity index (χ0v) is 17.7. The first kappa shape index (κ1) is 20.3. The van der Waals surface area contributed by atoms with Gasteiger partial charge >= 0.3 is 5.97 Å². The van der Waals surface area contributed by atoms with Gasteiger partial charge in [0.1, 0.15) is 5.60 Å². The molecule has 0 unspecified atom stereocenters. The van der Waals surface area contributed by atoms with Crippen LogP contribution < -0.4 is 0 Å². The van der Waals surface area contributed by atoms with Crippen molar-refractivity contribution < 1.29 is 24.2 Å². The summed E-state index contributed by atoms with van der Waals surface area (Å²) in [5.41, 5.74) is 0.145. The summed E-state index contributed by atoms with van der Waals surface area (Å²) < 4.78 is 4.95. The lowest BCUT2D eigenvalue weighted by atomic mass is 9.51. The fourth-order valence-electron chi connectivity index (χ4n) is 6.74. The van der Waals surface area contributed by atoms with Crippen molar-refractivity contribution in [2.75, 3.05) is 6.61 Å². The number of carbonyl (C=O) groups excluding carboxylic acids is 3. The smallest absolute Gasteiger partial charge is 0.303 e. The van der Waals surface area contributed by atoms with Crippen LogP contribution in [0.25, 0.3) is 0 Å². The summed E-state index contributed by atoms with van der Waals surface area (Å²) in [5.74, 6) is -0.621. The minimum Gasteiger partial charge on any atom is -0.458 e. The quantitative estimate of drug-likeness (QED) is 0.583. The lowest BCUT2D eigenvalue weighted by molar-refractivity contribution is -0.167. The van der Waals surface area contributed by atoms with Gasteiger partial charge in [-0.1, -0.05) is 37.1 Å². The lowest BCUT2D eigenvalue weighted by Crippen LogP contribution is -2.57.